The van der Waals surface area contributed by atoms with E-state index in [2.05, 4.69) is 51.5 Å². The van der Waals surface area contributed by atoms with Crippen molar-refractivity contribution in [1.82, 2.24) is 9.27 Å². The molecule has 0 bridgehead atoms. The number of carbonyl (C=O) groups excluding carboxylic acids is 1. The number of aromatic nitrogens is 1. The molecule has 5 nitrogen and oxygen atoms in total. The van der Waals surface area contributed by atoms with Crippen molar-refractivity contribution < 1.29 is 4.79 Å². The van der Waals surface area contributed by atoms with Gasteiger partial charge in [-0.1, -0.05) is 24.3 Å². The van der Waals surface area contributed by atoms with Gasteiger partial charge in [0, 0.05) is 50.7 Å². The number of nitrogens with zero attached hydrogens (tertiary/aromatic N) is 3. The predicted molar refractivity (Wildman–Crippen MR) is 117 cm³/mol. The van der Waals surface area contributed by atoms with Crippen LogP contribution in [0.1, 0.15) is 18.1 Å². The van der Waals surface area contributed by atoms with Gasteiger partial charge in [-0.25, -0.2) is 0 Å². The summed E-state index contributed by atoms with van der Waals surface area (Å²) in [6.07, 6.45) is 1.03. The lowest BCUT2D eigenvalue weighted by Crippen LogP contribution is -2.47. The SMILES string of the molecule is CC(=O)Nc1ccc(CCN2CCN(c3nsc4ccccc34)CC2)cc1C. The Hall–Kier alpha value is -2.44. The molecule has 6 heteroatoms. The van der Waals surface area contributed by atoms with Crippen LogP contribution in [-0.2, 0) is 11.2 Å². The van der Waals surface area contributed by atoms with Gasteiger partial charge in [-0.3, -0.25) is 9.69 Å². The molecule has 0 atom stereocenters. The molecular formula is C22H26N4OS. The van der Waals surface area contributed by atoms with Gasteiger partial charge in [0.15, 0.2) is 0 Å². The van der Waals surface area contributed by atoms with Gasteiger partial charge in [0.05, 0.1) is 4.70 Å². The van der Waals surface area contributed by atoms with Gasteiger partial charge < -0.3 is 10.2 Å². The molecule has 0 saturated carbocycles. The third-order valence-electron chi connectivity index (χ3n) is 5.35. The first-order chi connectivity index (χ1) is 13.6. The van der Waals surface area contributed by atoms with Crippen LogP contribution >= 0.6 is 11.5 Å². The molecule has 0 radical (unpaired) electrons. The molecular weight excluding hydrogens is 368 g/mol. The first-order valence-corrected chi connectivity index (χ1v) is 10.6. The van der Waals surface area contributed by atoms with Crippen molar-refractivity contribution in [3.8, 4) is 0 Å². The molecule has 1 aromatic heterocycles. The molecule has 0 aliphatic carbocycles. The highest BCUT2D eigenvalue weighted by Crippen LogP contribution is 2.29. The molecule has 2 heterocycles. The second kappa shape index (κ2) is 8.29. The second-order valence-electron chi connectivity index (χ2n) is 7.41. The number of benzene rings is 2. The minimum atomic E-state index is -0.0263. The first kappa shape index (κ1) is 18.9. The molecule has 4 rings (SSSR count). The number of nitrogens with one attached hydrogen (secondary N) is 1. The summed E-state index contributed by atoms with van der Waals surface area (Å²) in [6.45, 7) is 8.82. The third-order valence-corrected chi connectivity index (χ3v) is 6.17. The van der Waals surface area contributed by atoms with Crippen LogP contribution in [0.25, 0.3) is 10.1 Å². The van der Waals surface area contributed by atoms with Crippen molar-refractivity contribution in [3.63, 3.8) is 0 Å². The quantitative estimate of drug-likeness (QED) is 0.712. The molecule has 1 aliphatic rings. The summed E-state index contributed by atoms with van der Waals surface area (Å²) in [5.41, 5.74) is 3.34. The summed E-state index contributed by atoms with van der Waals surface area (Å²) >= 11 is 1.59. The number of rotatable bonds is 5. The largest absolute Gasteiger partial charge is 0.353 e. The van der Waals surface area contributed by atoms with E-state index in [1.807, 2.05) is 13.0 Å². The highest BCUT2D eigenvalue weighted by Gasteiger charge is 2.20. The topological polar surface area (TPSA) is 48.5 Å². The maximum Gasteiger partial charge on any atom is 0.221 e. The summed E-state index contributed by atoms with van der Waals surface area (Å²) in [4.78, 5) is 16.2. The van der Waals surface area contributed by atoms with Crippen LogP contribution in [0.5, 0.6) is 0 Å². The molecule has 146 valence electrons. The van der Waals surface area contributed by atoms with Crippen LogP contribution in [0.2, 0.25) is 0 Å². The number of anilines is 2. The van der Waals surface area contributed by atoms with E-state index in [4.69, 9.17) is 4.37 Å². The lowest BCUT2D eigenvalue weighted by Gasteiger charge is -2.35. The molecule has 1 fully saturated rings. The van der Waals surface area contributed by atoms with Crippen molar-refractivity contribution in [2.24, 2.45) is 0 Å². The van der Waals surface area contributed by atoms with Crippen molar-refractivity contribution >= 4 is 39.0 Å². The molecule has 28 heavy (non-hydrogen) atoms. The Morgan fingerprint density at radius 1 is 1.14 bits per heavy atom. The van der Waals surface area contributed by atoms with Gasteiger partial charge in [-0.15, -0.1) is 0 Å². The summed E-state index contributed by atoms with van der Waals surface area (Å²) in [6, 6.07) is 14.8. The standard InChI is InChI=1S/C22H26N4OS/c1-16-15-18(7-8-20(16)23-17(2)27)9-10-25-11-13-26(14-12-25)22-19-5-3-4-6-21(19)28-24-22/h3-8,15H,9-14H2,1-2H3,(H,23,27). The van der Waals surface area contributed by atoms with E-state index in [0.717, 1.165) is 56.2 Å². The van der Waals surface area contributed by atoms with Crippen molar-refractivity contribution in [3.05, 3.63) is 53.6 Å². The number of carbonyl (C=O) groups is 1. The number of amides is 1. The van der Waals surface area contributed by atoms with Crippen LogP contribution in [0.15, 0.2) is 42.5 Å². The van der Waals surface area contributed by atoms with Crippen LogP contribution in [0, 0.1) is 6.92 Å². The van der Waals surface area contributed by atoms with E-state index >= 15 is 0 Å². The van der Waals surface area contributed by atoms with Gasteiger partial charge in [0.2, 0.25) is 5.91 Å². The van der Waals surface area contributed by atoms with Crippen LogP contribution in [0.4, 0.5) is 11.5 Å². The van der Waals surface area contributed by atoms with E-state index in [9.17, 15) is 4.79 Å². The molecule has 1 N–H and O–H groups in total. The number of piperazine rings is 1. The maximum atomic E-state index is 11.2. The summed E-state index contributed by atoms with van der Waals surface area (Å²) in [7, 11) is 0. The lowest BCUT2D eigenvalue weighted by atomic mass is 10.1. The predicted octanol–water partition coefficient (Wildman–Crippen LogP) is 3.93. The van der Waals surface area contributed by atoms with E-state index in [1.165, 1.54) is 15.6 Å². The molecule has 1 aliphatic heterocycles. The zero-order valence-corrected chi connectivity index (χ0v) is 17.3. The van der Waals surface area contributed by atoms with Gasteiger partial charge in [-0.05, 0) is 54.2 Å². The highest BCUT2D eigenvalue weighted by molar-refractivity contribution is 7.13. The molecule has 1 amide bonds. The van der Waals surface area contributed by atoms with Crippen LogP contribution < -0.4 is 10.2 Å². The minimum absolute atomic E-state index is 0.0263. The van der Waals surface area contributed by atoms with Crippen LogP contribution in [0.3, 0.4) is 0 Å². The zero-order valence-electron chi connectivity index (χ0n) is 16.4. The fraction of sp³-hybridized carbons (Fsp3) is 0.364. The average Bonchev–Trinajstić information content (AvgIpc) is 3.12. The van der Waals surface area contributed by atoms with Crippen LogP contribution in [-0.4, -0.2) is 47.9 Å². The monoisotopic (exact) mass is 394 g/mol. The Kier molecular flexibility index (Phi) is 5.59. The molecule has 0 unspecified atom stereocenters. The number of fused-ring (bicyclic) bond motifs is 1. The van der Waals surface area contributed by atoms with E-state index in [-0.39, 0.29) is 5.91 Å². The first-order valence-electron chi connectivity index (χ1n) is 9.79. The van der Waals surface area contributed by atoms with Gasteiger partial charge in [0.25, 0.3) is 0 Å². The molecule has 1 saturated heterocycles. The van der Waals surface area contributed by atoms with E-state index in [0.29, 0.717) is 0 Å². The van der Waals surface area contributed by atoms with Crippen molar-refractivity contribution in [2.75, 3.05) is 42.9 Å². The number of aryl methyl sites for hydroxylation is 1. The average molecular weight is 395 g/mol. The Morgan fingerprint density at radius 2 is 1.93 bits per heavy atom. The summed E-state index contributed by atoms with van der Waals surface area (Å²) < 4.78 is 5.96. The number of hydrogen-bond donors (Lipinski definition) is 1. The normalized spacial score (nSPS) is 15.1. The zero-order chi connectivity index (χ0) is 19.5. The fourth-order valence-corrected chi connectivity index (χ4v) is 4.58. The van der Waals surface area contributed by atoms with E-state index in [1.54, 1.807) is 18.5 Å². The smallest absolute Gasteiger partial charge is 0.221 e. The fourth-order valence-electron chi connectivity index (χ4n) is 3.78. The third kappa shape index (κ3) is 4.18. The Balaban J connectivity index is 1.31. The molecule has 3 aromatic rings. The summed E-state index contributed by atoms with van der Waals surface area (Å²) in [5, 5.41) is 4.15. The van der Waals surface area contributed by atoms with E-state index < -0.39 is 0 Å². The van der Waals surface area contributed by atoms with Crippen molar-refractivity contribution in [1.29, 1.82) is 0 Å². The lowest BCUT2D eigenvalue weighted by molar-refractivity contribution is -0.114. The molecule has 0 spiro atoms. The maximum absolute atomic E-state index is 11.2. The minimum Gasteiger partial charge on any atom is -0.353 e. The van der Waals surface area contributed by atoms with Gasteiger partial charge >= 0.3 is 0 Å². The second-order valence-corrected chi connectivity index (χ2v) is 8.22. The summed E-state index contributed by atoms with van der Waals surface area (Å²) in [5.74, 6) is 1.12. The van der Waals surface area contributed by atoms with Crippen molar-refractivity contribution in [2.45, 2.75) is 20.3 Å². The molecule has 2 aromatic carbocycles. The van der Waals surface area contributed by atoms with Gasteiger partial charge in [0.1, 0.15) is 5.82 Å². The number of hydrogen-bond acceptors (Lipinski definition) is 5. The Morgan fingerprint density at radius 3 is 2.68 bits per heavy atom. The Bertz CT molecular complexity index is 976. The Labute approximate surface area is 170 Å². The highest BCUT2D eigenvalue weighted by atomic mass is 32.1. The van der Waals surface area contributed by atoms with Gasteiger partial charge in [-0.2, -0.15) is 4.37 Å².